The largest absolute Gasteiger partial charge is 0.390 e. The molecule has 2 fully saturated rings. The number of alkyl halides is 3. The van der Waals surface area contributed by atoms with E-state index in [-0.39, 0.29) is 18.3 Å². The fourth-order valence-corrected chi connectivity index (χ4v) is 5.01. The van der Waals surface area contributed by atoms with E-state index in [1.807, 2.05) is 0 Å². The molecule has 1 aliphatic carbocycles. The van der Waals surface area contributed by atoms with Gasteiger partial charge in [0.15, 0.2) is 5.69 Å². The Balaban J connectivity index is 1.53. The summed E-state index contributed by atoms with van der Waals surface area (Å²) >= 11 is 0. The third kappa shape index (κ3) is 5.22. The van der Waals surface area contributed by atoms with Gasteiger partial charge in [-0.25, -0.2) is 8.42 Å². The summed E-state index contributed by atoms with van der Waals surface area (Å²) in [5.41, 5.74) is 0.185. The van der Waals surface area contributed by atoms with E-state index in [9.17, 15) is 26.4 Å². The second kappa shape index (κ2) is 7.42. The molecule has 11 heteroatoms. The molecule has 1 N–H and O–H groups in total. The third-order valence-electron chi connectivity index (χ3n) is 4.89. The summed E-state index contributed by atoms with van der Waals surface area (Å²) in [5.74, 6) is -0.319. The van der Waals surface area contributed by atoms with Gasteiger partial charge in [-0.3, -0.25) is 4.79 Å². The topological polar surface area (TPSA) is 92.5 Å². The number of sulfonamides is 1. The maximum absolute atomic E-state index is 12.3. The van der Waals surface area contributed by atoms with Gasteiger partial charge in [0.25, 0.3) is 5.91 Å². The van der Waals surface area contributed by atoms with Crippen molar-refractivity contribution in [3.05, 3.63) is 17.5 Å². The Bertz CT molecular complexity index is 789. The number of piperidine rings is 1. The average Bonchev–Trinajstić information content (AvgIpc) is 3.29. The van der Waals surface area contributed by atoms with Crippen LogP contribution in [-0.4, -0.2) is 54.3 Å². The maximum Gasteiger partial charge on any atom is 0.390 e. The zero-order valence-corrected chi connectivity index (χ0v) is 15.6. The van der Waals surface area contributed by atoms with Crippen LogP contribution in [0.2, 0.25) is 0 Å². The monoisotopic (exact) mass is 409 g/mol. The molecular formula is C16H22F3N3O4S. The SMILES string of the molecule is C[C@@H]1C[C@@H](NC(=O)c2cc(C3CC3)on2)CCN1S(=O)(=O)CCC(F)(F)F. The minimum Gasteiger partial charge on any atom is -0.360 e. The van der Waals surface area contributed by atoms with Crippen LogP contribution in [0.5, 0.6) is 0 Å². The standard InChI is InChI=1S/C16H22F3N3O4S/c1-10-8-12(4-6-22(10)27(24,25)7-5-16(17,18)19)20-15(23)13-9-14(26-21-13)11-2-3-11/h9-12H,2-8H2,1H3,(H,20,23)/t10-,12+/m1/s1. The van der Waals surface area contributed by atoms with Crippen LogP contribution in [0.25, 0.3) is 0 Å². The minimum atomic E-state index is -4.51. The highest BCUT2D eigenvalue weighted by molar-refractivity contribution is 7.89. The molecule has 1 aromatic rings. The molecule has 0 radical (unpaired) electrons. The Morgan fingerprint density at radius 1 is 1.37 bits per heavy atom. The molecular weight excluding hydrogens is 387 g/mol. The van der Waals surface area contributed by atoms with E-state index in [0.29, 0.717) is 24.5 Å². The van der Waals surface area contributed by atoms with Gasteiger partial charge in [0.05, 0.1) is 12.2 Å². The fourth-order valence-electron chi connectivity index (χ4n) is 3.27. The van der Waals surface area contributed by atoms with Gasteiger partial charge >= 0.3 is 6.18 Å². The number of halogens is 3. The molecule has 2 heterocycles. The van der Waals surface area contributed by atoms with Crippen molar-refractivity contribution in [1.82, 2.24) is 14.8 Å². The van der Waals surface area contributed by atoms with Crippen molar-refractivity contribution in [1.29, 1.82) is 0 Å². The van der Waals surface area contributed by atoms with Crippen molar-refractivity contribution in [2.45, 2.75) is 63.2 Å². The normalized spacial score (nSPS) is 24.7. The van der Waals surface area contributed by atoms with E-state index < -0.39 is 40.3 Å². The van der Waals surface area contributed by atoms with Crippen LogP contribution < -0.4 is 5.32 Å². The highest BCUT2D eigenvalue weighted by Crippen LogP contribution is 2.40. The van der Waals surface area contributed by atoms with E-state index in [0.717, 1.165) is 17.1 Å². The van der Waals surface area contributed by atoms with Gasteiger partial charge in [0.2, 0.25) is 10.0 Å². The highest BCUT2D eigenvalue weighted by Gasteiger charge is 2.37. The molecule has 3 rings (SSSR count). The van der Waals surface area contributed by atoms with Crippen molar-refractivity contribution in [2.24, 2.45) is 0 Å². The van der Waals surface area contributed by atoms with Gasteiger partial charge in [0, 0.05) is 30.6 Å². The Morgan fingerprint density at radius 2 is 2.07 bits per heavy atom. The molecule has 0 aromatic carbocycles. The van der Waals surface area contributed by atoms with Crippen molar-refractivity contribution in [2.75, 3.05) is 12.3 Å². The number of hydrogen-bond acceptors (Lipinski definition) is 5. The van der Waals surface area contributed by atoms with Crippen LogP contribution >= 0.6 is 0 Å². The molecule has 1 aromatic heterocycles. The summed E-state index contributed by atoms with van der Waals surface area (Å²) in [4.78, 5) is 12.3. The van der Waals surface area contributed by atoms with Gasteiger partial charge in [-0.2, -0.15) is 17.5 Å². The molecule has 0 spiro atoms. The first kappa shape index (κ1) is 20.1. The van der Waals surface area contributed by atoms with Gasteiger partial charge in [0.1, 0.15) is 5.76 Å². The average molecular weight is 409 g/mol. The Labute approximate surface area is 155 Å². The molecule has 7 nitrogen and oxygen atoms in total. The lowest BCUT2D eigenvalue weighted by Crippen LogP contribution is -2.51. The molecule has 2 atom stereocenters. The van der Waals surface area contributed by atoms with Crippen LogP contribution in [0, 0.1) is 0 Å². The van der Waals surface area contributed by atoms with Gasteiger partial charge in [-0.05, 0) is 32.6 Å². The molecule has 1 aliphatic heterocycles. The van der Waals surface area contributed by atoms with Crippen molar-refractivity contribution < 1.29 is 30.9 Å². The first-order valence-corrected chi connectivity index (χ1v) is 10.5. The smallest absolute Gasteiger partial charge is 0.360 e. The first-order valence-electron chi connectivity index (χ1n) is 8.89. The summed E-state index contributed by atoms with van der Waals surface area (Å²) in [6.07, 6.45) is -3.18. The molecule has 27 heavy (non-hydrogen) atoms. The number of hydrogen-bond donors (Lipinski definition) is 1. The molecule has 152 valence electrons. The third-order valence-corrected chi connectivity index (χ3v) is 6.87. The Kier molecular flexibility index (Phi) is 5.53. The van der Waals surface area contributed by atoms with Gasteiger partial charge in [-0.1, -0.05) is 5.16 Å². The molecule has 0 unspecified atom stereocenters. The van der Waals surface area contributed by atoms with E-state index in [2.05, 4.69) is 10.5 Å². The Morgan fingerprint density at radius 3 is 2.67 bits per heavy atom. The van der Waals surface area contributed by atoms with Crippen LogP contribution in [0.1, 0.15) is 61.2 Å². The Hall–Kier alpha value is -1.62. The van der Waals surface area contributed by atoms with Crippen LogP contribution in [0.3, 0.4) is 0 Å². The lowest BCUT2D eigenvalue weighted by atomic mass is 10.0. The number of amides is 1. The first-order chi connectivity index (χ1) is 12.5. The summed E-state index contributed by atoms with van der Waals surface area (Å²) in [6.45, 7) is 1.70. The second-order valence-electron chi connectivity index (χ2n) is 7.22. The van der Waals surface area contributed by atoms with E-state index in [1.54, 1.807) is 13.0 Å². The van der Waals surface area contributed by atoms with Crippen molar-refractivity contribution in [3.63, 3.8) is 0 Å². The van der Waals surface area contributed by atoms with Crippen LogP contribution in [0.4, 0.5) is 13.2 Å². The summed E-state index contributed by atoms with van der Waals surface area (Å²) in [7, 11) is -4.00. The summed E-state index contributed by atoms with van der Waals surface area (Å²) < 4.78 is 67.6. The molecule has 1 amide bonds. The summed E-state index contributed by atoms with van der Waals surface area (Å²) in [6, 6.07) is 0.844. The zero-order chi connectivity index (χ0) is 19.8. The number of nitrogens with one attached hydrogen (secondary N) is 1. The van der Waals surface area contributed by atoms with Gasteiger partial charge < -0.3 is 9.84 Å². The number of carbonyl (C=O) groups is 1. The predicted molar refractivity (Wildman–Crippen MR) is 89.6 cm³/mol. The molecule has 0 bridgehead atoms. The van der Waals surface area contributed by atoms with Crippen LogP contribution in [0.15, 0.2) is 10.6 Å². The predicted octanol–water partition coefficient (Wildman–Crippen LogP) is 2.42. The number of rotatable bonds is 6. The number of carbonyl (C=O) groups excluding carboxylic acids is 1. The second-order valence-corrected chi connectivity index (χ2v) is 9.27. The van der Waals surface area contributed by atoms with E-state index >= 15 is 0 Å². The lowest BCUT2D eigenvalue weighted by molar-refractivity contribution is -0.130. The van der Waals surface area contributed by atoms with E-state index in [1.165, 1.54) is 0 Å². The van der Waals surface area contributed by atoms with Crippen molar-refractivity contribution >= 4 is 15.9 Å². The number of aromatic nitrogens is 1. The quantitative estimate of drug-likeness (QED) is 0.779. The fraction of sp³-hybridized carbons (Fsp3) is 0.750. The molecule has 1 saturated carbocycles. The highest BCUT2D eigenvalue weighted by atomic mass is 32.2. The van der Waals surface area contributed by atoms with Crippen LogP contribution in [-0.2, 0) is 10.0 Å². The summed E-state index contributed by atoms with van der Waals surface area (Å²) in [5, 5.41) is 6.57. The lowest BCUT2D eigenvalue weighted by Gasteiger charge is -2.36. The van der Waals surface area contributed by atoms with E-state index in [4.69, 9.17) is 4.52 Å². The molecule has 1 saturated heterocycles. The van der Waals surface area contributed by atoms with Gasteiger partial charge in [-0.15, -0.1) is 0 Å². The molecule has 2 aliphatic rings. The zero-order valence-electron chi connectivity index (χ0n) is 14.8. The minimum absolute atomic E-state index is 0.0679. The number of nitrogens with zero attached hydrogens (tertiary/aromatic N) is 2. The van der Waals surface area contributed by atoms with Crippen molar-refractivity contribution in [3.8, 4) is 0 Å². The maximum atomic E-state index is 12.3.